The van der Waals surface area contributed by atoms with Crippen LogP contribution in [0.4, 0.5) is 0 Å². The molecule has 0 aromatic carbocycles. The van der Waals surface area contributed by atoms with Gasteiger partial charge in [0.05, 0.1) is 0 Å². The van der Waals surface area contributed by atoms with Crippen molar-refractivity contribution >= 4 is 57.6 Å². The van der Waals surface area contributed by atoms with E-state index in [9.17, 15) is 0 Å². The molecule has 6 radical (unpaired) electrons. The molecule has 0 fully saturated rings. The Hall–Kier alpha value is 1.54. The molecule has 0 saturated heterocycles. The van der Waals surface area contributed by atoms with Gasteiger partial charge in [0, 0.05) is 49.9 Å². The van der Waals surface area contributed by atoms with Crippen molar-refractivity contribution in [1.82, 2.24) is 0 Å². The normalized spacial score (nSPS) is 0.750. The summed E-state index contributed by atoms with van der Waals surface area (Å²) in [4.78, 5) is 0. The van der Waals surface area contributed by atoms with Gasteiger partial charge >= 0.3 is 12.4 Å². The maximum Gasteiger partial charge on any atom is 0 e. The van der Waals surface area contributed by atoms with E-state index in [1.54, 1.807) is 0 Å². The Kier molecular flexibility index (Phi) is 106. The standard InChI is InChI=1S/BO.Bi.Te/c1-2;;. The summed E-state index contributed by atoms with van der Waals surface area (Å²) in [6.07, 6.45) is 0. The van der Waals surface area contributed by atoms with Gasteiger partial charge in [0.2, 0.25) is 0 Å². The second kappa shape index (κ2) is 24.0. The first kappa shape index (κ1) is 17.7. The van der Waals surface area contributed by atoms with E-state index < -0.39 is 0 Å². The fourth-order valence-electron chi connectivity index (χ4n) is 0. The van der Waals surface area contributed by atoms with Gasteiger partial charge in [0.25, 0.3) is 0 Å². The van der Waals surface area contributed by atoms with E-state index in [2.05, 4.69) is 7.72 Å². The molecule has 0 aliphatic heterocycles. The average Bonchev–Trinajstić information content (AvgIpc) is 1.00. The summed E-state index contributed by atoms with van der Waals surface area (Å²) >= 11 is 0. The van der Waals surface area contributed by atoms with Gasteiger partial charge in [0.15, 0.2) is 0 Å². The summed E-state index contributed by atoms with van der Waals surface area (Å²) in [5.41, 5.74) is 0. The first-order valence-electron chi connectivity index (χ1n) is 0.236. The van der Waals surface area contributed by atoms with Crippen LogP contribution in [0, 0.1) is 0 Å². The molecule has 0 atom stereocenters. The maximum atomic E-state index is 7.75. The van der Waals surface area contributed by atoms with Crippen molar-refractivity contribution in [3.8, 4) is 0 Å². The first-order valence-corrected chi connectivity index (χ1v) is 0.236. The molecule has 0 spiro atoms. The van der Waals surface area contributed by atoms with E-state index in [-0.39, 0.29) is 49.9 Å². The Morgan fingerprint density at radius 3 is 1.25 bits per heavy atom. The molecule has 0 amide bonds. The summed E-state index contributed by atoms with van der Waals surface area (Å²) in [6, 6.07) is 0. The third-order valence-corrected chi connectivity index (χ3v) is 0. The quantitative estimate of drug-likeness (QED) is 0.491. The van der Waals surface area contributed by atoms with Gasteiger partial charge in [-0.2, -0.15) is 0 Å². The van der Waals surface area contributed by atoms with Crippen LogP contribution in [0.3, 0.4) is 0 Å². The van der Waals surface area contributed by atoms with Gasteiger partial charge < -0.3 is 0 Å². The monoisotopic (exact) mass is 366 g/mol. The zero-order chi connectivity index (χ0) is 2.00. The molecular formula is BBiOTe. The largest absolute Gasteiger partial charge is 0 e. The fraction of sp³-hybridized carbons (Fsp3) is 0. The minimum atomic E-state index is 0. The van der Waals surface area contributed by atoms with Crippen molar-refractivity contribution in [2.75, 3.05) is 0 Å². The van der Waals surface area contributed by atoms with Crippen LogP contribution in [0.5, 0.6) is 0 Å². The topological polar surface area (TPSA) is 17.1 Å². The zero-order valence-electron chi connectivity index (χ0n) is 1.84. The van der Waals surface area contributed by atoms with Gasteiger partial charge in [-0.05, 0) is 0 Å². The molecular weight excluding hydrogens is 363 g/mol. The number of rotatable bonds is 0. The maximum absolute atomic E-state index is 7.75. The van der Waals surface area contributed by atoms with Crippen LogP contribution in [0.15, 0.2) is 0 Å². The van der Waals surface area contributed by atoms with Crippen molar-refractivity contribution in [1.29, 1.82) is 0 Å². The van der Waals surface area contributed by atoms with Gasteiger partial charge in [-0.15, -0.1) is 0 Å². The summed E-state index contributed by atoms with van der Waals surface area (Å²) in [7, 11) is 3.25. The second-order valence-electron chi connectivity index (χ2n) is 0. The van der Waals surface area contributed by atoms with Crippen LogP contribution >= 0.6 is 0 Å². The molecule has 0 bridgehead atoms. The molecule has 0 saturated carbocycles. The van der Waals surface area contributed by atoms with Crippen LogP contribution in [-0.4, -0.2) is 57.6 Å². The van der Waals surface area contributed by atoms with Crippen LogP contribution in [0.1, 0.15) is 0 Å². The third kappa shape index (κ3) is 9.64. The fourth-order valence-corrected chi connectivity index (χ4v) is 0. The first-order chi connectivity index (χ1) is 1.00. The Bertz CT molecular complexity index is 8.00. The SMILES string of the molecule is [B]=O.[Bi].[Te]. The minimum Gasteiger partial charge on any atom is 0 e. The molecule has 4 heavy (non-hydrogen) atoms. The van der Waals surface area contributed by atoms with Gasteiger partial charge in [-0.25, -0.2) is 0 Å². The van der Waals surface area contributed by atoms with Gasteiger partial charge in [-0.3, -0.25) is 0 Å². The van der Waals surface area contributed by atoms with Gasteiger partial charge in [-0.1, -0.05) is 0 Å². The Balaban J connectivity index is -0.00000000500. The van der Waals surface area contributed by atoms with E-state index >= 15 is 0 Å². The molecule has 0 heterocycles. The van der Waals surface area contributed by atoms with Crippen molar-refractivity contribution in [2.24, 2.45) is 0 Å². The molecule has 0 rings (SSSR count). The predicted molar refractivity (Wildman–Crippen MR) is 17.9 cm³/mol. The summed E-state index contributed by atoms with van der Waals surface area (Å²) in [6.45, 7) is 0. The van der Waals surface area contributed by atoms with E-state index in [1.807, 2.05) is 0 Å². The van der Waals surface area contributed by atoms with Crippen LogP contribution < -0.4 is 0 Å². The van der Waals surface area contributed by atoms with Crippen molar-refractivity contribution in [3.05, 3.63) is 0 Å². The van der Waals surface area contributed by atoms with E-state index in [0.29, 0.717) is 0 Å². The number of hydrogen-bond donors (Lipinski definition) is 0. The predicted octanol–water partition coefficient (Wildman–Crippen LogP) is -1.26. The van der Waals surface area contributed by atoms with Crippen LogP contribution in [0.2, 0.25) is 0 Å². The van der Waals surface area contributed by atoms with Crippen molar-refractivity contribution in [3.63, 3.8) is 0 Å². The van der Waals surface area contributed by atoms with E-state index in [4.69, 9.17) is 4.70 Å². The third-order valence-electron chi connectivity index (χ3n) is 0. The summed E-state index contributed by atoms with van der Waals surface area (Å²) in [5.74, 6) is 0. The van der Waals surface area contributed by atoms with Gasteiger partial charge in [0.1, 0.15) is 0 Å². The molecule has 0 N–H and O–H groups in total. The average molecular weight is 363 g/mol. The molecule has 0 aliphatic carbocycles. The Labute approximate surface area is 61.8 Å². The summed E-state index contributed by atoms with van der Waals surface area (Å²) in [5, 5.41) is 0. The minimum absolute atomic E-state index is 0. The van der Waals surface area contributed by atoms with Crippen LogP contribution in [-0.2, 0) is 4.70 Å². The molecule has 20 valence electrons. The Morgan fingerprint density at radius 1 is 1.25 bits per heavy atom. The smallest absolute Gasteiger partial charge is 0 e. The number of hydrogen-bond acceptors (Lipinski definition) is 1. The molecule has 0 aliphatic rings. The van der Waals surface area contributed by atoms with E-state index in [1.165, 1.54) is 0 Å². The molecule has 1 nitrogen and oxygen atoms in total. The van der Waals surface area contributed by atoms with Crippen molar-refractivity contribution < 1.29 is 4.70 Å². The molecule has 4 heteroatoms. The molecule has 0 aromatic rings. The van der Waals surface area contributed by atoms with Crippen LogP contribution in [0.25, 0.3) is 0 Å². The Morgan fingerprint density at radius 2 is 1.25 bits per heavy atom. The van der Waals surface area contributed by atoms with E-state index in [0.717, 1.165) is 0 Å². The van der Waals surface area contributed by atoms with Crippen molar-refractivity contribution in [2.45, 2.75) is 0 Å². The second-order valence-corrected chi connectivity index (χ2v) is 0. The summed E-state index contributed by atoms with van der Waals surface area (Å²) < 4.78 is 7.75. The molecule has 0 unspecified atom stereocenters. The molecule has 0 aromatic heterocycles. The zero-order valence-corrected chi connectivity index (χ0v) is 7.65.